The lowest BCUT2D eigenvalue weighted by atomic mass is 10.0. The number of carbonyl (C=O) groups excluding carboxylic acids is 1. The predicted octanol–water partition coefficient (Wildman–Crippen LogP) is 2.04. The van der Waals surface area contributed by atoms with Crippen LogP contribution in [0.25, 0.3) is 0 Å². The molecular weight excluding hydrogens is 268 g/mol. The van der Waals surface area contributed by atoms with Gasteiger partial charge in [0.25, 0.3) is 5.91 Å². The van der Waals surface area contributed by atoms with E-state index >= 15 is 0 Å². The van der Waals surface area contributed by atoms with Gasteiger partial charge in [0, 0.05) is 44.5 Å². The number of ether oxygens (including phenoxy) is 2. The molecule has 0 radical (unpaired) electrons. The Hall–Kier alpha value is -1.59. The summed E-state index contributed by atoms with van der Waals surface area (Å²) in [6.45, 7) is 4.73. The quantitative estimate of drug-likeness (QED) is 0.807. The molecule has 5 nitrogen and oxygen atoms in total. The first-order valence-corrected chi connectivity index (χ1v) is 7.44. The molecule has 2 N–H and O–H groups in total. The Labute approximate surface area is 126 Å². The highest BCUT2D eigenvalue weighted by Crippen LogP contribution is 2.21. The fraction of sp³-hybridized carbons (Fsp3) is 0.562. The largest absolute Gasteiger partial charge is 0.385 e. The minimum atomic E-state index is -0.377. The maximum absolute atomic E-state index is 12.2. The second-order valence-corrected chi connectivity index (χ2v) is 5.38. The summed E-state index contributed by atoms with van der Waals surface area (Å²) in [5.74, 6) is -0.0830. The molecule has 0 aliphatic carbocycles. The molecule has 116 valence electrons. The topological polar surface area (TPSA) is 59.6 Å². The van der Waals surface area contributed by atoms with E-state index < -0.39 is 0 Å². The van der Waals surface area contributed by atoms with Gasteiger partial charge in [-0.25, -0.2) is 0 Å². The third kappa shape index (κ3) is 4.19. The van der Waals surface area contributed by atoms with Crippen LogP contribution in [-0.4, -0.2) is 44.9 Å². The fourth-order valence-corrected chi connectivity index (χ4v) is 2.31. The molecule has 1 aliphatic rings. The molecule has 1 unspecified atom stereocenters. The van der Waals surface area contributed by atoms with Crippen molar-refractivity contribution in [3.8, 4) is 0 Å². The Bertz CT molecular complexity index is 453. The first kappa shape index (κ1) is 15.8. The molecular formula is C16H24N2O3. The van der Waals surface area contributed by atoms with Gasteiger partial charge < -0.3 is 20.1 Å². The zero-order valence-corrected chi connectivity index (χ0v) is 12.8. The SMILES string of the molecule is CCCNc1ccc(C(=O)NCC2(OC)CCOC2)cc1. The summed E-state index contributed by atoms with van der Waals surface area (Å²) in [5, 5.41) is 6.22. The smallest absolute Gasteiger partial charge is 0.251 e. The molecule has 1 atom stereocenters. The Kier molecular flexibility index (Phi) is 5.59. The molecule has 1 aromatic carbocycles. The minimum absolute atomic E-state index is 0.0830. The van der Waals surface area contributed by atoms with Crippen LogP contribution in [0.3, 0.4) is 0 Å². The van der Waals surface area contributed by atoms with Crippen LogP contribution in [0.2, 0.25) is 0 Å². The number of amides is 1. The van der Waals surface area contributed by atoms with Crippen LogP contribution in [0.4, 0.5) is 5.69 Å². The van der Waals surface area contributed by atoms with E-state index in [0.29, 0.717) is 25.3 Å². The van der Waals surface area contributed by atoms with E-state index in [9.17, 15) is 4.79 Å². The van der Waals surface area contributed by atoms with E-state index in [-0.39, 0.29) is 11.5 Å². The van der Waals surface area contributed by atoms with E-state index in [0.717, 1.165) is 25.1 Å². The zero-order valence-electron chi connectivity index (χ0n) is 12.8. The number of anilines is 1. The molecule has 0 bridgehead atoms. The number of benzene rings is 1. The Morgan fingerprint density at radius 1 is 1.38 bits per heavy atom. The first-order valence-electron chi connectivity index (χ1n) is 7.44. The van der Waals surface area contributed by atoms with Crippen molar-refractivity contribution in [1.29, 1.82) is 0 Å². The highest BCUT2D eigenvalue weighted by atomic mass is 16.5. The van der Waals surface area contributed by atoms with Gasteiger partial charge in [0.05, 0.1) is 6.61 Å². The Morgan fingerprint density at radius 3 is 2.71 bits per heavy atom. The minimum Gasteiger partial charge on any atom is -0.385 e. The van der Waals surface area contributed by atoms with Crippen molar-refractivity contribution in [3.05, 3.63) is 29.8 Å². The predicted molar refractivity (Wildman–Crippen MR) is 82.7 cm³/mol. The van der Waals surface area contributed by atoms with E-state index in [1.807, 2.05) is 24.3 Å². The number of rotatable bonds is 7. The Balaban J connectivity index is 1.88. The molecule has 0 spiro atoms. The normalized spacial score (nSPS) is 21.2. The molecule has 21 heavy (non-hydrogen) atoms. The monoisotopic (exact) mass is 292 g/mol. The average molecular weight is 292 g/mol. The van der Waals surface area contributed by atoms with Crippen molar-refractivity contribution in [2.45, 2.75) is 25.4 Å². The molecule has 1 heterocycles. The van der Waals surface area contributed by atoms with Gasteiger partial charge in [-0.05, 0) is 30.7 Å². The third-order valence-corrected chi connectivity index (χ3v) is 3.80. The van der Waals surface area contributed by atoms with Crippen molar-refractivity contribution in [1.82, 2.24) is 5.32 Å². The summed E-state index contributed by atoms with van der Waals surface area (Å²) < 4.78 is 10.9. The zero-order chi connectivity index (χ0) is 15.1. The standard InChI is InChI=1S/C16H24N2O3/c1-3-9-17-14-6-4-13(5-7-14)15(19)18-11-16(20-2)8-10-21-12-16/h4-7,17H,3,8-12H2,1-2H3,(H,18,19). The van der Waals surface area contributed by atoms with Crippen LogP contribution in [0.1, 0.15) is 30.1 Å². The van der Waals surface area contributed by atoms with Gasteiger partial charge in [0.2, 0.25) is 0 Å². The van der Waals surface area contributed by atoms with Crippen molar-refractivity contribution in [2.75, 3.05) is 38.7 Å². The number of methoxy groups -OCH3 is 1. The van der Waals surface area contributed by atoms with Crippen LogP contribution < -0.4 is 10.6 Å². The lowest BCUT2D eigenvalue weighted by Gasteiger charge is -2.25. The maximum Gasteiger partial charge on any atom is 0.251 e. The second-order valence-electron chi connectivity index (χ2n) is 5.38. The average Bonchev–Trinajstić information content (AvgIpc) is 3.00. The van der Waals surface area contributed by atoms with Crippen LogP contribution in [0, 0.1) is 0 Å². The molecule has 1 aliphatic heterocycles. The van der Waals surface area contributed by atoms with Crippen molar-refractivity contribution >= 4 is 11.6 Å². The molecule has 0 saturated carbocycles. The maximum atomic E-state index is 12.2. The lowest BCUT2D eigenvalue weighted by Crippen LogP contribution is -2.45. The van der Waals surface area contributed by atoms with E-state index in [4.69, 9.17) is 9.47 Å². The third-order valence-electron chi connectivity index (χ3n) is 3.80. The first-order chi connectivity index (χ1) is 10.2. The summed E-state index contributed by atoms with van der Waals surface area (Å²) >= 11 is 0. The van der Waals surface area contributed by atoms with Gasteiger partial charge in [0.1, 0.15) is 5.60 Å². The van der Waals surface area contributed by atoms with Gasteiger partial charge in [0.15, 0.2) is 0 Å². The Morgan fingerprint density at radius 2 is 2.14 bits per heavy atom. The van der Waals surface area contributed by atoms with Gasteiger partial charge in [-0.2, -0.15) is 0 Å². The highest BCUT2D eigenvalue weighted by Gasteiger charge is 2.35. The van der Waals surface area contributed by atoms with Crippen molar-refractivity contribution < 1.29 is 14.3 Å². The number of hydrogen-bond donors (Lipinski definition) is 2. The molecule has 1 fully saturated rings. The highest BCUT2D eigenvalue weighted by molar-refractivity contribution is 5.94. The van der Waals surface area contributed by atoms with E-state index in [1.165, 1.54) is 0 Å². The molecule has 0 aromatic heterocycles. The van der Waals surface area contributed by atoms with Crippen molar-refractivity contribution in [3.63, 3.8) is 0 Å². The molecule has 1 amide bonds. The number of carbonyl (C=O) groups is 1. The summed E-state index contributed by atoms with van der Waals surface area (Å²) in [4.78, 5) is 12.2. The van der Waals surface area contributed by atoms with Gasteiger partial charge in [-0.3, -0.25) is 4.79 Å². The fourth-order valence-electron chi connectivity index (χ4n) is 2.31. The second kappa shape index (κ2) is 7.43. The van der Waals surface area contributed by atoms with Crippen LogP contribution in [0.5, 0.6) is 0 Å². The van der Waals surface area contributed by atoms with Gasteiger partial charge >= 0.3 is 0 Å². The summed E-state index contributed by atoms with van der Waals surface area (Å²) in [5.41, 5.74) is 1.31. The van der Waals surface area contributed by atoms with E-state index in [2.05, 4.69) is 17.6 Å². The summed E-state index contributed by atoms with van der Waals surface area (Å²) in [6.07, 6.45) is 1.88. The molecule has 1 aromatic rings. The number of nitrogens with one attached hydrogen (secondary N) is 2. The van der Waals surface area contributed by atoms with E-state index in [1.54, 1.807) is 7.11 Å². The molecule has 5 heteroatoms. The summed E-state index contributed by atoms with van der Waals surface area (Å²) in [6, 6.07) is 7.51. The lowest BCUT2D eigenvalue weighted by molar-refractivity contribution is -0.0148. The molecule has 1 saturated heterocycles. The summed E-state index contributed by atoms with van der Waals surface area (Å²) in [7, 11) is 1.66. The van der Waals surface area contributed by atoms with Crippen molar-refractivity contribution in [2.24, 2.45) is 0 Å². The van der Waals surface area contributed by atoms with Crippen LogP contribution in [0.15, 0.2) is 24.3 Å². The number of hydrogen-bond acceptors (Lipinski definition) is 4. The van der Waals surface area contributed by atoms with Crippen LogP contribution in [-0.2, 0) is 9.47 Å². The van der Waals surface area contributed by atoms with Gasteiger partial charge in [-0.15, -0.1) is 0 Å². The molecule has 2 rings (SSSR count). The van der Waals surface area contributed by atoms with Gasteiger partial charge in [-0.1, -0.05) is 6.92 Å². The van der Waals surface area contributed by atoms with Crippen LogP contribution >= 0.6 is 0 Å².